The number of rotatable bonds is 2. The lowest BCUT2D eigenvalue weighted by Gasteiger charge is -2.33. The molecule has 2 heterocycles. The molecule has 0 saturated carbocycles. The highest BCUT2D eigenvalue weighted by Crippen LogP contribution is 2.25. The molecule has 0 aliphatic carbocycles. The van der Waals surface area contributed by atoms with Crippen LogP contribution < -0.4 is 0 Å². The molecule has 6 nitrogen and oxygen atoms in total. The molecule has 0 fully saturated rings. The predicted octanol–water partition coefficient (Wildman–Crippen LogP) is 2.92. The van der Waals surface area contributed by atoms with Gasteiger partial charge in [-0.1, -0.05) is 12.2 Å². The van der Waals surface area contributed by atoms with Crippen LogP contribution in [0, 0.1) is 0 Å². The Morgan fingerprint density at radius 2 is 1.91 bits per heavy atom. The molecule has 1 aliphatic heterocycles. The Morgan fingerprint density at radius 1 is 1.27 bits per heavy atom. The molecule has 1 unspecified atom stereocenters. The maximum atomic E-state index is 12.3. The van der Waals surface area contributed by atoms with E-state index in [9.17, 15) is 9.59 Å². The molecule has 0 saturated heterocycles. The summed E-state index contributed by atoms with van der Waals surface area (Å²) in [5.74, 6) is 0.390. The highest BCUT2D eigenvalue weighted by atomic mass is 16.6. The van der Waals surface area contributed by atoms with Crippen LogP contribution in [-0.4, -0.2) is 38.9 Å². The van der Waals surface area contributed by atoms with Crippen LogP contribution in [0.25, 0.3) is 0 Å². The predicted molar refractivity (Wildman–Crippen MR) is 81.5 cm³/mol. The lowest BCUT2D eigenvalue weighted by atomic mass is 10.1. The van der Waals surface area contributed by atoms with Gasteiger partial charge in [-0.15, -0.1) is 0 Å². The Bertz CT molecular complexity index is 588. The molecule has 22 heavy (non-hydrogen) atoms. The number of Topliss-reactive ketones (excluding diaryl/α,β-unsaturated/α-hetero) is 1. The number of aromatic nitrogens is 2. The summed E-state index contributed by atoms with van der Waals surface area (Å²) in [4.78, 5) is 33.7. The Hall–Kier alpha value is -2.24. The van der Waals surface area contributed by atoms with E-state index in [1.807, 2.05) is 32.9 Å². The van der Waals surface area contributed by atoms with E-state index in [4.69, 9.17) is 4.74 Å². The molecule has 1 aliphatic rings. The molecule has 0 spiro atoms. The van der Waals surface area contributed by atoms with Crippen molar-refractivity contribution in [2.24, 2.45) is 0 Å². The normalized spacial score (nSPS) is 18.2. The maximum absolute atomic E-state index is 12.3. The zero-order chi connectivity index (χ0) is 16.3. The molecule has 118 valence electrons. The number of ketones is 1. The Morgan fingerprint density at radius 3 is 2.45 bits per heavy atom. The summed E-state index contributed by atoms with van der Waals surface area (Å²) in [6.45, 7) is 7.51. The second-order valence-corrected chi connectivity index (χ2v) is 6.22. The molecule has 0 bridgehead atoms. The molecule has 1 atom stereocenters. The molecular weight excluding hydrogens is 282 g/mol. The number of ether oxygens (including phenoxy) is 1. The molecule has 2 rings (SSSR count). The van der Waals surface area contributed by atoms with E-state index in [0.29, 0.717) is 17.9 Å². The Kier molecular flexibility index (Phi) is 4.59. The van der Waals surface area contributed by atoms with E-state index in [0.717, 1.165) is 6.42 Å². The fourth-order valence-corrected chi connectivity index (χ4v) is 2.11. The lowest BCUT2D eigenvalue weighted by molar-refractivity contribution is 0.0183. The van der Waals surface area contributed by atoms with Gasteiger partial charge in [-0.25, -0.2) is 14.8 Å². The largest absolute Gasteiger partial charge is 0.444 e. The number of carbonyl (C=O) groups excluding carboxylic acids is 2. The van der Waals surface area contributed by atoms with Crippen LogP contribution in [0.5, 0.6) is 0 Å². The van der Waals surface area contributed by atoms with Crippen molar-refractivity contribution in [3.05, 3.63) is 35.9 Å². The first-order valence-corrected chi connectivity index (χ1v) is 7.27. The first kappa shape index (κ1) is 16.1. The van der Waals surface area contributed by atoms with Gasteiger partial charge in [0, 0.05) is 18.9 Å². The highest BCUT2D eigenvalue weighted by molar-refractivity contribution is 5.93. The Labute approximate surface area is 130 Å². The topological polar surface area (TPSA) is 72.4 Å². The monoisotopic (exact) mass is 303 g/mol. The van der Waals surface area contributed by atoms with Crippen molar-refractivity contribution in [2.45, 2.75) is 45.8 Å². The minimum atomic E-state index is -0.553. The first-order chi connectivity index (χ1) is 10.3. The third kappa shape index (κ3) is 3.90. The van der Waals surface area contributed by atoms with Gasteiger partial charge in [0.05, 0.1) is 5.56 Å². The summed E-state index contributed by atoms with van der Waals surface area (Å²) in [5, 5.41) is 0. The van der Waals surface area contributed by atoms with E-state index >= 15 is 0 Å². The van der Waals surface area contributed by atoms with Crippen molar-refractivity contribution >= 4 is 11.9 Å². The summed E-state index contributed by atoms with van der Waals surface area (Å²) in [7, 11) is 0. The average molecular weight is 303 g/mol. The number of hydrogen-bond donors (Lipinski definition) is 0. The number of amides is 1. The summed E-state index contributed by atoms with van der Waals surface area (Å²) >= 11 is 0. The summed E-state index contributed by atoms with van der Waals surface area (Å²) in [5.41, 5.74) is -0.102. The molecule has 6 heteroatoms. The molecule has 1 aromatic heterocycles. The fraction of sp³-hybridized carbons (Fsp3) is 0.500. The molecule has 0 N–H and O–H groups in total. The van der Waals surface area contributed by atoms with E-state index in [2.05, 4.69) is 9.97 Å². The van der Waals surface area contributed by atoms with Crippen LogP contribution in [0.3, 0.4) is 0 Å². The van der Waals surface area contributed by atoms with Crippen LogP contribution in [0.2, 0.25) is 0 Å². The van der Waals surface area contributed by atoms with Crippen LogP contribution in [0.4, 0.5) is 4.79 Å². The molecule has 1 amide bonds. The minimum absolute atomic E-state index is 0.0882. The van der Waals surface area contributed by atoms with Crippen LogP contribution in [0.1, 0.15) is 56.3 Å². The van der Waals surface area contributed by atoms with Crippen molar-refractivity contribution in [3.8, 4) is 0 Å². The van der Waals surface area contributed by atoms with Crippen LogP contribution >= 0.6 is 0 Å². The number of nitrogens with zero attached hydrogens (tertiary/aromatic N) is 3. The molecular formula is C16H21N3O3. The fourth-order valence-electron chi connectivity index (χ4n) is 2.11. The second-order valence-electron chi connectivity index (χ2n) is 6.22. The lowest BCUT2D eigenvalue weighted by Crippen LogP contribution is -2.41. The van der Waals surface area contributed by atoms with Gasteiger partial charge in [0.2, 0.25) is 0 Å². The molecule has 1 aromatic rings. The maximum Gasteiger partial charge on any atom is 0.411 e. The van der Waals surface area contributed by atoms with Crippen molar-refractivity contribution in [3.63, 3.8) is 0 Å². The summed E-state index contributed by atoms with van der Waals surface area (Å²) < 4.78 is 5.43. The van der Waals surface area contributed by atoms with Gasteiger partial charge in [0.25, 0.3) is 0 Å². The highest BCUT2D eigenvalue weighted by Gasteiger charge is 2.30. The zero-order valence-electron chi connectivity index (χ0n) is 13.4. The Balaban J connectivity index is 2.22. The van der Waals surface area contributed by atoms with Gasteiger partial charge in [0.15, 0.2) is 11.6 Å². The van der Waals surface area contributed by atoms with Crippen molar-refractivity contribution in [1.29, 1.82) is 0 Å². The van der Waals surface area contributed by atoms with Crippen molar-refractivity contribution in [1.82, 2.24) is 14.9 Å². The van der Waals surface area contributed by atoms with E-state index in [1.54, 1.807) is 4.90 Å². The van der Waals surface area contributed by atoms with E-state index in [-0.39, 0.29) is 17.9 Å². The van der Waals surface area contributed by atoms with Gasteiger partial charge >= 0.3 is 6.09 Å². The smallest absolute Gasteiger partial charge is 0.411 e. The third-order valence-corrected chi connectivity index (χ3v) is 3.16. The third-order valence-electron chi connectivity index (χ3n) is 3.16. The summed E-state index contributed by atoms with van der Waals surface area (Å²) in [6, 6.07) is -0.371. The van der Waals surface area contributed by atoms with Gasteiger partial charge in [-0.2, -0.15) is 0 Å². The van der Waals surface area contributed by atoms with Gasteiger partial charge in [-0.05, 0) is 34.1 Å². The standard InChI is InChI=1S/C16H21N3O3/c1-11(20)12-9-17-14(18-10-12)13-7-5-6-8-19(13)15(21)22-16(2,3)4/h5,7,9-10,13H,6,8H2,1-4H3. The van der Waals surface area contributed by atoms with Gasteiger partial charge in [-0.3, -0.25) is 9.69 Å². The van der Waals surface area contributed by atoms with Crippen molar-refractivity contribution < 1.29 is 14.3 Å². The van der Waals surface area contributed by atoms with Crippen molar-refractivity contribution in [2.75, 3.05) is 6.54 Å². The molecule has 0 radical (unpaired) electrons. The van der Waals surface area contributed by atoms with E-state index < -0.39 is 5.60 Å². The second kappa shape index (κ2) is 6.25. The minimum Gasteiger partial charge on any atom is -0.444 e. The number of hydrogen-bond acceptors (Lipinski definition) is 5. The number of carbonyl (C=O) groups is 2. The first-order valence-electron chi connectivity index (χ1n) is 7.27. The quantitative estimate of drug-likeness (QED) is 0.620. The zero-order valence-corrected chi connectivity index (χ0v) is 13.4. The van der Waals surface area contributed by atoms with Crippen LogP contribution in [-0.2, 0) is 4.74 Å². The van der Waals surface area contributed by atoms with Gasteiger partial charge in [0.1, 0.15) is 11.6 Å². The van der Waals surface area contributed by atoms with E-state index in [1.165, 1.54) is 19.3 Å². The average Bonchev–Trinajstić information content (AvgIpc) is 2.45. The summed E-state index contributed by atoms with van der Waals surface area (Å²) in [6.07, 6.45) is 7.23. The SMILES string of the molecule is CC(=O)c1cnc(C2C=CCCN2C(=O)OC(C)(C)C)nc1. The van der Waals surface area contributed by atoms with Crippen LogP contribution in [0.15, 0.2) is 24.5 Å². The molecule has 0 aromatic carbocycles. The van der Waals surface area contributed by atoms with Gasteiger partial charge < -0.3 is 4.74 Å².